The molecule has 1 aliphatic heterocycles. The summed E-state index contributed by atoms with van der Waals surface area (Å²) in [5, 5.41) is 4.05. The van der Waals surface area contributed by atoms with Gasteiger partial charge in [-0.1, -0.05) is 30.1 Å². The van der Waals surface area contributed by atoms with Crippen LogP contribution < -0.4 is 5.32 Å². The van der Waals surface area contributed by atoms with E-state index in [1.165, 1.54) is 0 Å². The van der Waals surface area contributed by atoms with E-state index in [1.807, 2.05) is 4.90 Å². The third-order valence-electron chi connectivity index (χ3n) is 4.10. The molecule has 0 atom stereocenters. The SMILES string of the molecule is CCN1CCN(C(=O)c2ccnc(Nc3cc(Cl)cc(Cl)c3)n2)CC1. The highest BCUT2D eigenvalue weighted by atomic mass is 35.5. The summed E-state index contributed by atoms with van der Waals surface area (Å²) in [6.07, 6.45) is 1.57. The van der Waals surface area contributed by atoms with E-state index >= 15 is 0 Å². The van der Waals surface area contributed by atoms with E-state index in [-0.39, 0.29) is 5.91 Å². The Morgan fingerprint density at radius 1 is 1.16 bits per heavy atom. The molecule has 0 aliphatic carbocycles. The fraction of sp³-hybridized carbons (Fsp3) is 0.353. The van der Waals surface area contributed by atoms with Crippen molar-refractivity contribution in [2.75, 3.05) is 38.0 Å². The van der Waals surface area contributed by atoms with E-state index in [9.17, 15) is 4.79 Å². The van der Waals surface area contributed by atoms with Crippen LogP contribution in [0.4, 0.5) is 11.6 Å². The topological polar surface area (TPSA) is 61.4 Å². The minimum atomic E-state index is -0.0784. The number of nitrogens with zero attached hydrogens (tertiary/aromatic N) is 4. The van der Waals surface area contributed by atoms with Gasteiger partial charge in [0.25, 0.3) is 5.91 Å². The lowest BCUT2D eigenvalue weighted by atomic mass is 10.2. The fourth-order valence-corrected chi connectivity index (χ4v) is 3.25. The van der Waals surface area contributed by atoms with Crippen molar-refractivity contribution in [1.82, 2.24) is 19.8 Å². The minimum absolute atomic E-state index is 0.0784. The number of hydrogen-bond donors (Lipinski definition) is 1. The van der Waals surface area contributed by atoms with Crippen LogP contribution in [0.5, 0.6) is 0 Å². The molecular formula is C17H19Cl2N5O. The molecule has 1 N–H and O–H groups in total. The van der Waals surface area contributed by atoms with E-state index in [1.54, 1.807) is 30.5 Å². The Morgan fingerprint density at radius 2 is 1.84 bits per heavy atom. The average Bonchev–Trinajstić information content (AvgIpc) is 2.60. The van der Waals surface area contributed by atoms with E-state index in [0.717, 1.165) is 19.6 Å². The van der Waals surface area contributed by atoms with Crippen molar-refractivity contribution in [3.63, 3.8) is 0 Å². The number of nitrogens with one attached hydrogen (secondary N) is 1. The molecule has 3 rings (SSSR count). The number of benzene rings is 1. The van der Waals surface area contributed by atoms with Gasteiger partial charge in [0.2, 0.25) is 5.95 Å². The quantitative estimate of drug-likeness (QED) is 0.882. The zero-order chi connectivity index (χ0) is 17.8. The van der Waals surface area contributed by atoms with Gasteiger partial charge in [-0.05, 0) is 30.8 Å². The van der Waals surface area contributed by atoms with E-state index in [4.69, 9.17) is 23.2 Å². The molecule has 6 nitrogen and oxygen atoms in total. The van der Waals surface area contributed by atoms with Crippen molar-refractivity contribution in [3.05, 3.63) is 46.2 Å². The predicted molar refractivity (Wildman–Crippen MR) is 99.8 cm³/mol. The van der Waals surface area contributed by atoms with Crippen LogP contribution in [0, 0.1) is 0 Å². The van der Waals surface area contributed by atoms with Crippen molar-refractivity contribution in [3.8, 4) is 0 Å². The van der Waals surface area contributed by atoms with Gasteiger partial charge in [0.05, 0.1) is 0 Å². The largest absolute Gasteiger partial charge is 0.335 e. The summed E-state index contributed by atoms with van der Waals surface area (Å²) in [6, 6.07) is 6.71. The van der Waals surface area contributed by atoms with Crippen LogP contribution in [0.3, 0.4) is 0 Å². The van der Waals surface area contributed by atoms with Gasteiger partial charge in [0, 0.05) is 48.1 Å². The zero-order valence-corrected chi connectivity index (χ0v) is 15.4. The summed E-state index contributed by atoms with van der Waals surface area (Å²) in [4.78, 5) is 25.3. The number of halogens is 2. The molecule has 25 heavy (non-hydrogen) atoms. The van der Waals surface area contributed by atoms with Gasteiger partial charge < -0.3 is 15.1 Å². The molecule has 1 aromatic carbocycles. The number of carbonyl (C=O) groups excluding carboxylic acids is 1. The smallest absolute Gasteiger partial charge is 0.272 e. The predicted octanol–water partition coefficient (Wildman–Crippen LogP) is 3.30. The number of hydrogen-bond acceptors (Lipinski definition) is 5. The Labute approximate surface area is 156 Å². The maximum atomic E-state index is 12.7. The van der Waals surface area contributed by atoms with Crippen molar-refractivity contribution >= 4 is 40.7 Å². The number of carbonyl (C=O) groups is 1. The summed E-state index contributed by atoms with van der Waals surface area (Å²) in [5.41, 5.74) is 1.04. The Kier molecular flexibility index (Phi) is 5.73. The summed E-state index contributed by atoms with van der Waals surface area (Å²) in [7, 11) is 0. The molecular weight excluding hydrogens is 361 g/mol. The maximum absolute atomic E-state index is 12.7. The van der Waals surface area contributed by atoms with E-state index in [0.29, 0.717) is 40.5 Å². The lowest BCUT2D eigenvalue weighted by molar-refractivity contribution is 0.0637. The normalized spacial score (nSPS) is 15.2. The van der Waals surface area contributed by atoms with Crippen LogP contribution in [-0.2, 0) is 0 Å². The fourth-order valence-electron chi connectivity index (χ4n) is 2.72. The summed E-state index contributed by atoms with van der Waals surface area (Å²) in [6.45, 7) is 6.33. The first-order valence-corrected chi connectivity index (χ1v) is 8.88. The molecule has 2 heterocycles. The molecule has 1 aliphatic rings. The number of piperazine rings is 1. The lowest BCUT2D eigenvalue weighted by Gasteiger charge is -2.33. The lowest BCUT2D eigenvalue weighted by Crippen LogP contribution is -2.48. The van der Waals surface area contributed by atoms with Crippen molar-refractivity contribution in [2.45, 2.75) is 6.92 Å². The van der Waals surface area contributed by atoms with Crippen molar-refractivity contribution in [2.24, 2.45) is 0 Å². The molecule has 1 saturated heterocycles. The monoisotopic (exact) mass is 379 g/mol. The minimum Gasteiger partial charge on any atom is -0.335 e. The molecule has 0 unspecified atom stereocenters. The Hall–Kier alpha value is -1.89. The summed E-state index contributed by atoms with van der Waals surface area (Å²) in [5.74, 6) is 0.252. The Balaban J connectivity index is 1.71. The Morgan fingerprint density at radius 3 is 2.48 bits per heavy atom. The third-order valence-corrected chi connectivity index (χ3v) is 4.54. The highest BCUT2D eigenvalue weighted by Crippen LogP contribution is 2.24. The van der Waals surface area contributed by atoms with E-state index < -0.39 is 0 Å². The van der Waals surface area contributed by atoms with Gasteiger partial charge in [-0.3, -0.25) is 4.79 Å². The second kappa shape index (κ2) is 7.99. The van der Waals surface area contributed by atoms with Gasteiger partial charge in [0.15, 0.2) is 0 Å². The molecule has 1 aromatic heterocycles. The van der Waals surface area contributed by atoms with Crippen LogP contribution >= 0.6 is 23.2 Å². The zero-order valence-electron chi connectivity index (χ0n) is 13.9. The highest BCUT2D eigenvalue weighted by Gasteiger charge is 2.22. The molecule has 0 saturated carbocycles. The standard InChI is InChI=1S/C17H19Cl2N5O/c1-2-23-5-7-24(8-6-23)16(25)15-3-4-20-17(22-15)21-14-10-12(18)9-13(19)11-14/h3-4,9-11H,2,5-8H2,1H3,(H,20,21,22). The van der Waals surface area contributed by atoms with Crippen LogP contribution in [0.1, 0.15) is 17.4 Å². The molecule has 1 fully saturated rings. The molecule has 0 spiro atoms. The van der Waals surface area contributed by atoms with Crippen LogP contribution in [0.15, 0.2) is 30.5 Å². The molecule has 0 radical (unpaired) electrons. The Bertz CT molecular complexity index is 742. The number of anilines is 2. The van der Waals surface area contributed by atoms with Crippen molar-refractivity contribution < 1.29 is 4.79 Å². The molecule has 2 aromatic rings. The van der Waals surface area contributed by atoms with Gasteiger partial charge in [-0.25, -0.2) is 9.97 Å². The van der Waals surface area contributed by atoms with Crippen LogP contribution in [-0.4, -0.2) is 58.4 Å². The average molecular weight is 380 g/mol. The van der Waals surface area contributed by atoms with Gasteiger partial charge in [-0.15, -0.1) is 0 Å². The van der Waals surface area contributed by atoms with Crippen molar-refractivity contribution in [1.29, 1.82) is 0 Å². The maximum Gasteiger partial charge on any atom is 0.272 e. The molecule has 0 bridgehead atoms. The molecule has 132 valence electrons. The summed E-state index contributed by atoms with van der Waals surface area (Å²) >= 11 is 12.0. The van der Waals surface area contributed by atoms with Gasteiger partial charge in [-0.2, -0.15) is 0 Å². The van der Waals surface area contributed by atoms with Gasteiger partial charge >= 0.3 is 0 Å². The van der Waals surface area contributed by atoms with Crippen LogP contribution in [0.25, 0.3) is 0 Å². The second-order valence-electron chi connectivity index (χ2n) is 5.78. The van der Waals surface area contributed by atoms with Crippen LogP contribution in [0.2, 0.25) is 10.0 Å². The molecule has 1 amide bonds. The number of aromatic nitrogens is 2. The van der Waals surface area contributed by atoms with Gasteiger partial charge in [0.1, 0.15) is 5.69 Å². The summed E-state index contributed by atoms with van der Waals surface area (Å²) < 4.78 is 0. The highest BCUT2D eigenvalue weighted by molar-refractivity contribution is 6.35. The first-order valence-electron chi connectivity index (χ1n) is 8.13. The van der Waals surface area contributed by atoms with E-state index in [2.05, 4.69) is 27.1 Å². The third kappa shape index (κ3) is 4.60. The first-order chi connectivity index (χ1) is 12.0. The first kappa shape index (κ1) is 17.9. The molecule has 8 heteroatoms. The second-order valence-corrected chi connectivity index (χ2v) is 6.65. The number of likely N-dealkylation sites (N-methyl/N-ethyl adjacent to an activating group) is 1. The number of amides is 1. The number of rotatable bonds is 4.